The molecule has 0 saturated heterocycles. The number of carbonyl (C=O) groups is 1. The van der Waals surface area contributed by atoms with Gasteiger partial charge in [0.05, 0.1) is 22.8 Å². The molecule has 0 saturated carbocycles. The smallest absolute Gasteiger partial charge is 0.256 e. The number of nitrogens with zero attached hydrogens (tertiary/aromatic N) is 5. The molecule has 0 unspecified atom stereocenters. The van der Waals surface area contributed by atoms with Gasteiger partial charge in [-0.25, -0.2) is 4.98 Å². The summed E-state index contributed by atoms with van der Waals surface area (Å²) in [5.74, 6) is 0.419. The first-order valence-corrected chi connectivity index (χ1v) is 8.66. The minimum Gasteiger partial charge on any atom is -0.494 e. The van der Waals surface area contributed by atoms with Crippen molar-refractivity contribution in [3.63, 3.8) is 0 Å². The molecule has 1 aromatic carbocycles. The van der Waals surface area contributed by atoms with Crippen molar-refractivity contribution in [2.45, 2.75) is 0 Å². The Balaban J connectivity index is 0.00000160. The van der Waals surface area contributed by atoms with Crippen LogP contribution in [-0.2, 0) is 0 Å². The Hall–Kier alpha value is -2.72. The predicted octanol–water partition coefficient (Wildman–Crippen LogP) is 4.22. The van der Waals surface area contributed by atoms with Crippen molar-refractivity contribution < 1.29 is 9.53 Å². The van der Waals surface area contributed by atoms with Gasteiger partial charge in [-0.2, -0.15) is 5.21 Å². The summed E-state index contributed by atoms with van der Waals surface area (Å²) >= 11 is 12.2. The minimum atomic E-state index is -0.406. The lowest BCUT2D eigenvalue weighted by Crippen LogP contribution is -2.13. The summed E-state index contributed by atoms with van der Waals surface area (Å²) in [6, 6.07) is 6.71. The van der Waals surface area contributed by atoms with Crippen LogP contribution in [0.4, 0.5) is 5.69 Å². The molecule has 13 heteroatoms. The number of rotatable bonds is 4. The van der Waals surface area contributed by atoms with Gasteiger partial charge >= 0.3 is 0 Å². The molecule has 1 amide bonds. The molecule has 2 N–H and O–H groups in total. The number of ether oxygens (including phenoxy) is 1. The SMILES string of the molecule is COc1ccc(C(=O)Nc2c(Cl)cncc2Cl)c2ccc(-c3nn[nH]n3)nc12.Cl.Cl. The van der Waals surface area contributed by atoms with E-state index in [4.69, 9.17) is 27.9 Å². The number of amides is 1. The first-order valence-electron chi connectivity index (χ1n) is 7.90. The van der Waals surface area contributed by atoms with E-state index in [1.54, 1.807) is 24.3 Å². The molecule has 0 aliphatic heterocycles. The third-order valence-electron chi connectivity index (χ3n) is 3.95. The van der Waals surface area contributed by atoms with Crippen LogP contribution in [0, 0.1) is 0 Å². The number of pyridine rings is 2. The average Bonchev–Trinajstić information content (AvgIpc) is 3.24. The van der Waals surface area contributed by atoms with Crippen molar-refractivity contribution >= 4 is 70.5 Å². The van der Waals surface area contributed by atoms with Crippen LogP contribution in [-0.4, -0.2) is 43.6 Å². The number of tetrazole rings is 1. The summed E-state index contributed by atoms with van der Waals surface area (Å²) in [6.07, 6.45) is 2.79. The van der Waals surface area contributed by atoms with Crippen molar-refractivity contribution in [3.05, 3.63) is 52.3 Å². The van der Waals surface area contributed by atoms with Gasteiger partial charge in [-0.05, 0) is 29.5 Å². The van der Waals surface area contributed by atoms with Crippen LogP contribution in [0.2, 0.25) is 10.0 Å². The number of nitrogens with one attached hydrogen (secondary N) is 2. The quantitative estimate of drug-likeness (QED) is 0.441. The highest BCUT2D eigenvalue weighted by Gasteiger charge is 2.18. The molecule has 156 valence electrons. The Labute approximate surface area is 192 Å². The fourth-order valence-electron chi connectivity index (χ4n) is 2.66. The fraction of sp³-hybridized carbons (Fsp3) is 0.0588. The van der Waals surface area contributed by atoms with Crippen LogP contribution >= 0.6 is 48.0 Å². The highest BCUT2D eigenvalue weighted by molar-refractivity contribution is 6.39. The second kappa shape index (κ2) is 9.86. The lowest BCUT2D eigenvalue weighted by molar-refractivity contribution is 0.102. The number of aromatic nitrogens is 6. The maximum atomic E-state index is 12.9. The summed E-state index contributed by atoms with van der Waals surface area (Å²) in [7, 11) is 1.52. The van der Waals surface area contributed by atoms with Gasteiger partial charge in [0, 0.05) is 23.3 Å². The zero-order valence-electron chi connectivity index (χ0n) is 15.1. The van der Waals surface area contributed by atoms with Crippen molar-refractivity contribution in [1.29, 1.82) is 0 Å². The number of hydrogen-bond donors (Lipinski definition) is 2. The number of halogens is 4. The van der Waals surface area contributed by atoms with Gasteiger partial charge in [0.25, 0.3) is 5.91 Å². The Morgan fingerprint density at radius 3 is 2.47 bits per heavy atom. The zero-order chi connectivity index (χ0) is 19.7. The van der Waals surface area contributed by atoms with Crippen molar-refractivity contribution in [3.8, 4) is 17.3 Å². The van der Waals surface area contributed by atoms with Gasteiger partial charge in [0.2, 0.25) is 5.82 Å². The molecule has 0 aliphatic rings. The molecule has 3 heterocycles. The van der Waals surface area contributed by atoms with Crippen LogP contribution in [0.15, 0.2) is 36.7 Å². The van der Waals surface area contributed by atoms with Crippen molar-refractivity contribution in [2.24, 2.45) is 0 Å². The number of hydrogen-bond acceptors (Lipinski definition) is 7. The molecular weight excluding hydrogens is 476 g/mol. The van der Waals surface area contributed by atoms with Crippen molar-refractivity contribution in [2.75, 3.05) is 12.4 Å². The Bertz CT molecular complexity index is 1170. The maximum absolute atomic E-state index is 12.9. The van der Waals surface area contributed by atoms with E-state index in [0.717, 1.165) is 0 Å². The molecular formula is C17H13Cl4N7O2. The standard InChI is InChI=1S/C17H11Cl2N7O2.2ClH/c1-28-13-5-3-9(17(27)22-15-10(18)6-20-7-11(15)19)8-2-4-12(21-14(8)13)16-23-25-26-24-16;;/h2-7H,1H3,(H,20,22,27)(H,23,24,25,26);2*1H. The van der Waals surface area contributed by atoms with E-state index in [9.17, 15) is 4.79 Å². The summed E-state index contributed by atoms with van der Waals surface area (Å²) < 4.78 is 5.38. The third-order valence-corrected chi connectivity index (χ3v) is 4.52. The number of methoxy groups -OCH3 is 1. The Morgan fingerprint density at radius 1 is 1.10 bits per heavy atom. The molecule has 0 spiro atoms. The van der Waals surface area contributed by atoms with Crippen LogP contribution < -0.4 is 10.1 Å². The molecule has 30 heavy (non-hydrogen) atoms. The molecule has 9 nitrogen and oxygen atoms in total. The second-order valence-corrected chi connectivity index (χ2v) is 6.39. The fourth-order valence-corrected chi connectivity index (χ4v) is 3.12. The summed E-state index contributed by atoms with van der Waals surface area (Å²) in [4.78, 5) is 21.3. The van der Waals surface area contributed by atoms with Crippen LogP contribution in [0.5, 0.6) is 5.75 Å². The molecule has 0 atom stereocenters. The van der Waals surface area contributed by atoms with E-state index in [0.29, 0.717) is 33.7 Å². The molecule has 4 rings (SSSR count). The summed E-state index contributed by atoms with van der Waals surface area (Å²) in [6.45, 7) is 0. The van der Waals surface area contributed by atoms with E-state index in [2.05, 4.69) is 35.9 Å². The topological polar surface area (TPSA) is 119 Å². The predicted molar refractivity (Wildman–Crippen MR) is 118 cm³/mol. The van der Waals surface area contributed by atoms with Gasteiger partial charge in [-0.3, -0.25) is 9.78 Å². The van der Waals surface area contributed by atoms with E-state index in [1.807, 2.05) is 0 Å². The average molecular weight is 489 g/mol. The van der Waals surface area contributed by atoms with E-state index >= 15 is 0 Å². The number of benzene rings is 1. The Kier molecular flexibility index (Phi) is 7.74. The number of H-pyrrole nitrogens is 1. The molecule has 0 aliphatic carbocycles. The normalized spacial score (nSPS) is 10.1. The highest BCUT2D eigenvalue weighted by Crippen LogP contribution is 2.32. The lowest BCUT2D eigenvalue weighted by atomic mass is 10.1. The molecule has 0 radical (unpaired) electrons. The van der Waals surface area contributed by atoms with Gasteiger partial charge in [-0.15, -0.1) is 35.0 Å². The minimum absolute atomic E-state index is 0. The van der Waals surface area contributed by atoms with Crippen LogP contribution in [0.3, 0.4) is 0 Å². The van der Waals surface area contributed by atoms with Crippen LogP contribution in [0.25, 0.3) is 22.4 Å². The number of anilines is 1. The number of carbonyl (C=O) groups excluding carboxylic acids is 1. The highest BCUT2D eigenvalue weighted by atomic mass is 35.5. The van der Waals surface area contributed by atoms with Gasteiger partial charge < -0.3 is 10.1 Å². The molecule has 3 aromatic heterocycles. The third kappa shape index (κ3) is 4.39. The number of fused-ring (bicyclic) bond motifs is 1. The lowest BCUT2D eigenvalue weighted by Gasteiger charge is -2.12. The molecule has 0 fully saturated rings. The number of aromatic amines is 1. The van der Waals surface area contributed by atoms with Crippen LogP contribution in [0.1, 0.15) is 10.4 Å². The Morgan fingerprint density at radius 2 is 1.83 bits per heavy atom. The largest absolute Gasteiger partial charge is 0.494 e. The first kappa shape index (κ1) is 23.6. The summed E-state index contributed by atoms with van der Waals surface area (Å²) in [5.41, 5.74) is 1.61. The van der Waals surface area contributed by atoms with Gasteiger partial charge in [0.1, 0.15) is 17.0 Å². The maximum Gasteiger partial charge on any atom is 0.256 e. The van der Waals surface area contributed by atoms with Gasteiger partial charge in [-0.1, -0.05) is 23.2 Å². The first-order chi connectivity index (χ1) is 13.6. The summed E-state index contributed by atoms with van der Waals surface area (Å²) in [5, 5.41) is 17.5. The van der Waals surface area contributed by atoms with E-state index in [1.165, 1.54) is 19.5 Å². The van der Waals surface area contributed by atoms with Crippen molar-refractivity contribution in [1.82, 2.24) is 30.6 Å². The monoisotopic (exact) mass is 487 g/mol. The molecule has 0 bridgehead atoms. The van der Waals surface area contributed by atoms with Gasteiger partial charge in [0.15, 0.2) is 0 Å². The zero-order valence-corrected chi connectivity index (χ0v) is 18.2. The molecule has 4 aromatic rings. The van der Waals surface area contributed by atoms with E-state index in [-0.39, 0.29) is 40.5 Å². The second-order valence-electron chi connectivity index (χ2n) is 5.58. The van der Waals surface area contributed by atoms with E-state index < -0.39 is 5.91 Å².